The van der Waals surface area contributed by atoms with E-state index in [1.165, 1.54) is 18.3 Å². The van der Waals surface area contributed by atoms with Crippen LogP contribution in [0.15, 0.2) is 48.8 Å². The van der Waals surface area contributed by atoms with Crippen LogP contribution in [0.4, 0.5) is 29.3 Å². The van der Waals surface area contributed by atoms with Gasteiger partial charge in [-0.3, -0.25) is 14.7 Å². The van der Waals surface area contributed by atoms with E-state index in [-0.39, 0.29) is 17.7 Å². The zero-order chi connectivity index (χ0) is 35.3. The molecule has 49 heavy (non-hydrogen) atoms. The fourth-order valence-electron chi connectivity index (χ4n) is 5.76. The molecule has 2 fully saturated rings. The quantitative estimate of drug-likeness (QED) is 0.311. The molecule has 2 aliphatic rings. The number of aryl methyl sites for hydroxylation is 1. The molecule has 5 rings (SSSR count). The van der Waals surface area contributed by atoms with E-state index in [9.17, 15) is 22.8 Å². The first-order chi connectivity index (χ1) is 23.2. The van der Waals surface area contributed by atoms with Gasteiger partial charge >= 0.3 is 12.3 Å². The monoisotopic (exact) mass is 684 g/mol. The minimum Gasteiger partial charge on any atom is -0.475 e. The topological polar surface area (TPSA) is 109 Å². The number of rotatable bonds is 8. The Morgan fingerprint density at radius 3 is 2.47 bits per heavy atom. The molecule has 14 heteroatoms. The van der Waals surface area contributed by atoms with Gasteiger partial charge in [-0.2, -0.15) is 13.2 Å². The molecule has 2 aromatic heterocycles. The van der Waals surface area contributed by atoms with Crippen LogP contribution in [-0.2, 0) is 15.7 Å². The summed E-state index contributed by atoms with van der Waals surface area (Å²) < 4.78 is 57.0. The fourth-order valence-corrected chi connectivity index (χ4v) is 5.76. The van der Waals surface area contributed by atoms with Gasteiger partial charge in [0.2, 0.25) is 5.88 Å². The standard InChI is InChI=1S/C35H43F3N6O5/c1-23-22-42(9-10-44(23)33(46)49-34(3,4)5)11-16-48-32-30(43-12-14-47-15-13-43)18-26(20-40-32)29-19-28(21-39-24(29)2)41-31(45)25-7-6-8-27(17-25)35(36,37)38/h6-8,17-21,23H,9-16,22H2,1-5H3,(H,41,45). The molecule has 11 nitrogen and oxygen atoms in total. The Kier molecular flexibility index (Phi) is 11.0. The van der Waals surface area contributed by atoms with Crippen LogP contribution in [0, 0.1) is 6.92 Å². The van der Waals surface area contributed by atoms with Gasteiger partial charge in [0.1, 0.15) is 17.9 Å². The second kappa shape index (κ2) is 15.0. The van der Waals surface area contributed by atoms with Crippen molar-refractivity contribution < 1.29 is 37.0 Å². The van der Waals surface area contributed by atoms with Gasteiger partial charge in [-0.25, -0.2) is 9.78 Å². The van der Waals surface area contributed by atoms with E-state index in [0.717, 1.165) is 23.4 Å². The predicted octanol–water partition coefficient (Wildman–Crippen LogP) is 5.88. The Morgan fingerprint density at radius 1 is 1.02 bits per heavy atom. The molecule has 1 unspecified atom stereocenters. The lowest BCUT2D eigenvalue weighted by atomic mass is 10.0. The molecule has 264 valence electrons. The fraction of sp³-hybridized carbons (Fsp3) is 0.486. The van der Waals surface area contributed by atoms with Crippen molar-refractivity contribution in [3.63, 3.8) is 0 Å². The Balaban J connectivity index is 1.28. The number of ether oxygens (including phenoxy) is 3. The number of anilines is 2. The lowest BCUT2D eigenvalue weighted by Gasteiger charge is -2.40. The summed E-state index contributed by atoms with van der Waals surface area (Å²) in [6, 6.07) is 7.96. The number of carbonyl (C=O) groups excluding carboxylic acids is 2. The largest absolute Gasteiger partial charge is 0.475 e. The van der Waals surface area contributed by atoms with Gasteiger partial charge in [0, 0.05) is 73.9 Å². The zero-order valence-electron chi connectivity index (χ0n) is 28.5. The molecular formula is C35H43F3N6O5. The van der Waals surface area contributed by atoms with E-state index < -0.39 is 23.2 Å². The molecule has 0 bridgehead atoms. The summed E-state index contributed by atoms with van der Waals surface area (Å²) >= 11 is 0. The van der Waals surface area contributed by atoms with Crippen LogP contribution in [0.2, 0.25) is 0 Å². The van der Waals surface area contributed by atoms with Crippen molar-refractivity contribution in [1.29, 1.82) is 0 Å². The number of piperazine rings is 1. The maximum Gasteiger partial charge on any atom is 0.416 e. The number of carbonyl (C=O) groups is 2. The van der Waals surface area contributed by atoms with Crippen LogP contribution >= 0.6 is 0 Å². The minimum absolute atomic E-state index is 0.00707. The van der Waals surface area contributed by atoms with Crippen molar-refractivity contribution >= 4 is 23.4 Å². The summed E-state index contributed by atoms with van der Waals surface area (Å²) in [4.78, 5) is 40.8. The van der Waals surface area contributed by atoms with Crippen LogP contribution in [-0.4, -0.2) is 103 Å². The molecule has 1 aromatic carbocycles. The average Bonchev–Trinajstić information content (AvgIpc) is 3.05. The third-order valence-electron chi connectivity index (χ3n) is 8.28. The first-order valence-corrected chi connectivity index (χ1v) is 16.3. The zero-order valence-corrected chi connectivity index (χ0v) is 28.5. The number of amides is 2. The number of aromatic nitrogens is 2. The summed E-state index contributed by atoms with van der Waals surface area (Å²) in [5, 5.41) is 2.67. The van der Waals surface area contributed by atoms with E-state index in [1.807, 2.05) is 40.7 Å². The van der Waals surface area contributed by atoms with Crippen LogP contribution in [0.1, 0.15) is 49.3 Å². The normalized spacial score (nSPS) is 17.5. The molecule has 0 radical (unpaired) electrons. The van der Waals surface area contributed by atoms with Crippen molar-refractivity contribution in [2.45, 2.75) is 52.4 Å². The first kappa shape index (κ1) is 35.9. The highest BCUT2D eigenvalue weighted by Crippen LogP contribution is 2.34. The molecule has 1 atom stereocenters. The Bertz CT molecular complexity index is 1640. The molecule has 3 aromatic rings. The van der Waals surface area contributed by atoms with Crippen LogP contribution in [0.5, 0.6) is 5.88 Å². The van der Waals surface area contributed by atoms with Crippen molar-refractivity contribution in [3.05, 3.63) is 65.6 Å². The number of hydrogen-bond donors (Lipinski definition) is 1. The maximum atomic E-state index is 13.2. The lowest BCUT2D eigenvalue weighted by molar-refractivity contribution is -0.137. The smallest absolute Gasteiger partial charge is 0.416 e. The maximum absolute atomic E-state index is 13.2. The molecule has 0 saturated carbocycles. The highest BCUT2D eigenvalue weighted by atomic mass is 19.4. The molecular weight excluding hydrogens is 641 g/mol. The van der Waals surface area contributed by atoms with Crippen LogP contribution in [0.3, 0.4) is 0 Å². The molecule has 2 amide bonds. The van der Waals surface area contributed by atoms with E-state index in [1.54, 1.807) is 17.2 Å². The second-order valence-electron chi connectivity index (χ2n) is 13.2. The molecule has 4 heterocycles. The summed E-state index contributed by atoms with van der Waals surface area (Å²) in [7, 11) is 0. The van der Waals surface area contributed by atoms with Crippen molar-refractivity contribution in [1.82, 2.24) is 19.8 Å². The van der Waals surface area contributed by atoms with Gasteiger partial charge in [-0.05, 0) is 65.0 Å². The van der Waals surface area contributed by atoms with Crippen LogP contribution < -0.4 is 15.0 Å². The SMILES string of the molecule is Cc1ncc(NC(=O)c2cccc(C(F)(F)F)c2)cc1-c1cnc(OCCN2CCN(C(=O)OC(C)(C)C)C(C)C2)c(N2CCOCC2)c1. The lowest BCUT2D eigenvalue weighted by Crippen LogP contribution is -2.55. The average molecular weight is 685 g/mol. The first-order valence-electron chi connectivity index (χ1n) is 16.3. The Morgan fingerprint density at radius 2 is 1.78 bits per heavy atom. The molecule has 1 N–H and O–H groups in total. The van der Waals surface area contributed by atoms with E-state index in [2.05, 4.69) is 20.1 Å². The van der Waals surface area contributed by atoms with Gasteiger partial charge < -0.3 is 29.3 Å². The van der Waals surface area contributed by atoms with E-state index in [4.69, 9.17) is 19.2 Å². The number of halogens is 3. The molecule has 0 spiro atoms. The van der Waals surface area contributed by atoms with Crippen molar-refractivity contribution in [2.24, 2.45) is 0 Å². The van der Waals surface area contributed by atoms with E-state index >= 15 is 0 Å². The van der Waals surface area contributed by atoms with Gasteiger partial charge in [0.25, 0.3) is 5.91 Å². The Labute approximate surface area is 284 Å². The number of hydrogen-bond acceptors (Lipinski definition) is 9. The summed E-state index contributed by atoms with van der Waals surface area (Å²) in [6.07, 6.45) is -1.72. The number of nitrogens with zero attached hydrogens (tertiary/aromatic N) is 5. The second-order valence-corrected chi connectivity index (χ2v) is 13.2. The Hall–Kier alpha value is -4.43. The van der Waals surface area contributed by atoms with E-state index in [0.29, 0.717) is 81.9 Å². The summed E-state index contributed by atoms with van der Waals surface area (Å²) in [5.74, 6) is -0.204. The highest BCUT2D eigenvalue weighted by Gasteiger charge is 2.32. The number of morpholine rings is 1. The van der Waals surface area contributed by atoms with Gasteiger partial charge in [0.15, 0.2) is 0 Å². The molecule has 2 saturated heterocycles. The summed E-state index contributed by atoms with van der Waals surface area (Å²) in [6.45, 7) is 14.8. The predicted molar refractivity (Wildman–Crippen MR) is 179 cm³/mol. The molecule has 2 aliphatic heterocycles. The van der Waals surface area contributed by atoms with Crippen molar-refractivity contribution in [2.75, 3.05) is 69.3 Å². The molecule has 0 aliphatic carbocycles. The van der Waals surface area contributed by atoms with Gasteiger partial charge in [0.05, 0.1) is 30.7 Å². The third-order valence-corrected chi connectivity index (χ3v) is 8.28. The summed E-state index contributed by atoms with van der Waals surface area (Å²) in [5.41, 5.74) is 1.68. The minimum atomic E-state index is -4.56. The van der Waals surface area contributed by atoms with Gasteiger partial charge in [-0.1, -0.05) is 6.07 Å². The number of nitrogens with one attached hydrogen (secondary N) is 1. The highest BCUT2D eigenvalue weighted by molar-refractivity contribution is 6.04. The van der Waals surface area contributed by atoms with Gasteiger partial charge in [-0.15, -0.1) is 0 Å². The third kappa shape index (κ3) is 9.38. The number of alkyl halides is 3. The number of pyridine rings is 2. The number of benzene rings is 1. The van der Waals surface area contributed by atoms with Crippen molar-refractivity contribution in [3.8, 4) is 17.0 Å². The van der Waals surface area contributed by atoms with Crippen LogP contribution in [0.25, 0.3) is 11.1 Å².